The van der Waals surface area contributed by atoms with Gasteiger partial charge in [0.25, 0.3) is 0 Å². The van der Waals surface area contributed by atoms with Gasteiger partial charge in [0.15, 0.2) is 0 Å². The molecule has 0 aliphatic heterocycles. The number of nitrogens with one attached hydrogen (secondary N) is 2. The summed E-state index contributed by atoms with van der Waals surface area (Å²) in [6, 6.07) is 11.8. The van der Waals surface area contributed by atoms with E-state index in [0.29, 0.717) is 26.8 Å². The fraction of sp³-hybridized carbons (Fsp3) is 0.0526. The number of amides is 2. The van der Waals surface area contributed by atoms with E-state index in [9.17, 15) is 14.0 Å². The molecule has 2 aromatic carbocycles. The van der Waals surface area contributed by atoms with Crippen molar-refractivity contribution in [3.63, 3.8) is 0 Å². The molecule has 0 aliphatic carbocycles. The Bertz CT molecular complexity index is 972. The highest BCUT2D eigenvalue weighted by Gasteiger charge is 2.22. The maximum atomic E-state index is 13.2. The third kappa shape index (κ3) is 4.45. The largest absolute Gasteiger partial charge is 0.465 e. The van der Waals surface area contributed by atoms with E-state index < -0.39 is 12.0 Å². The summed E-state index contributed by atoms with van der Waals surface area (Å²) in [6.07, 6.45) is 0. The monoisotopic (exact) mass is 404 g/mol. The maximum absolute atomic E-state index is 13.2. The lowest BCUT2D eigenvalue weighted by atomic mass is 10.0. The molecule has 2 amide bonds. The fourth-order valence-electron chi connectivity index (χ4n) is 2.40. The van der Waals surface area contributed by atoms with E-state index >= 15 is 0 Å². The van der Waals surface area contributed by atoms with Crippen LogP contribution in [0.25, 0.3) is 11.1 Å². The number of thiophene rings is 1. The quantitative estimate of drug-likeness (QED) is 0.553. The molecule has 1 heterocycles. The molecule has 138 valence electrons. The average molecular weight is 405 g/mol. The molecule has 8 heteroatoms. The van der Waals surface area contributed by atoms with Gasteiger partial charge in [-0.3, -0.25) is 5.32 Å². The molecule has 0 saturated carbocycles. The fourth-order valence-corrected chi connectivity index (χ4v) is 3.47. The van der Waals surface area contributed by atoms with Crippen LogP contribution < -0.4 is 10.6 Å². The molecule has 0 bridgehead atoms. The van der Waals surface area contributed by atoms with Crippen molar-refractivity contribution < 1.29 is 18.7 Å². The van der Waals surface area contributed by atoms with E-state index in [2.05, 4.69) is 10.6 Å². The zero-order chi connectivity index (χ0) is 19.4. The van der Waals surface area contributed by atoms with Crippen LogP contribution in [0.3, 0.4) is 0 Å². The summed E-state index contributed by atoms with van der Waals surface area (Å²) in [5, 5.41) is 7.89. The Morgan fingerprint density at radius 1 is 1.04 bits per heavy atom. The van der Waals surface area contributed by atoms with Gasteiger partial charge in [-0.1, -0.05) is 23.7 Å². The Morgan fingerprint density at radius 3 is 2.33 bits per heavy atom. The first-order valence-corrected chi connectivity index (χ1v) is 9.03. The van der Waals surface area contributed by atoms with Gasteiger partial charge in [0.1, 0.15) is 16.4 Å². The number of ether oxygens (including phenoxy) is 1. The van der Waals surface area contributed by atoms with Crippen molar-refractivity contribution in [2.75, 3.05) is 17.7 Å². The number of methoxy groups -OCH3 is 1. The molecule has 5 nitrogen and oxygen atoms in total. The van der Waals surface area contributed by atoms with Crippen molar-refractivity contribution in [1.29, 1.82) is 0 Å². The number of halogens is 2. The second-order valence-corrected chi connectivity index (χ2v) is 6.75. The van der Waals surface area contributed by atoms with Crippen LogP contribution in [0.5, 0.6) is 0 Å². The lowest BCUT2D eigenvalue weighted by Crippen LogP contribution is -2.20. The summed E-state index contributed by atoms with van der Waals surface area (Å²) in [5.74, 6) is -0.980. The van der Waals surface area contributed by atoms with Gasteiger partial charge in [-0.05, 0) is 42.0 Å². The normalized spacial score (nSPS) is 10.3. The van der Waals surface area contributed by atoms with Crippen LogP contribution in [-0.2, 0) is 4.74 Å². The number of carbonyl (C=O) groups excluding carboxylic acids is 2. The standard InChI is InChI=1S/C19H14ClFN2O3S/c1-26-18(24)16-15(11-2-6-13(21)7-3-11)10-27-17(16)23-19(25)22-14-8-4-12(20)5-9-14/h2-10H,1H3,(H2,22,23,25). The minimum atomic E-state index is -0.600. The van der Waals surface area contributed by atoms with Crippen molar-refractivity contribution >= 4 is 45.6 Å². The Hall–Kier alpha value is -2.90. The molecule has 1 aromatic heterocycles. The molecule has 0 fully saturated rings. The second-order valence-electron chi connectivity index (χ2n) is 5.44. The Balaban J connectivity index is 1.86. The predicted octanol–water partition coefficient (Wildman–Crippen LogP) is 5.64. The molecule has 2 N–H and O–H groups in total. The number of carbonyl (C=O) groups is 2. The van der Waals surface area contributed by atoms with Crippen LogP contribution in [0.15, 0.2) is 53.9 Å². The first-order chi connectivity index (χ1) is 13.0. The average Bonchev–Trinajstić information content (AvgIpc) is 3.07. The topological polar surface area (TPSA) is 67.4 Å². The van der Waals surface area contributed by atoms with Gasteiger partial charge in [-0.2, -0.15) is 0 Å². The van der Waals surface area contributed by atoms with Gasteiger partial charge in [-0.25, -0.2) is 14.0 Å². The SMILES string of the molecule is COC(=O)c1c(-c2ccc(F)cc2)csc1NC(=O)Nc1ccc(Cl)cc1. The van der Waals surface area contributed by atoms with Gasteiger partial charge in [0.2, 0.25) is 0 Å². The lowest BCUT2D eigenvalue weighted by molar-refractivity contribution is 0.0603. The summed E-state index contributed by atoms with van der Waals surface area (Å²) < 4.78 is 18.0. The van der Waals surface area contributed by atoms with Crippen molar-refractivity contribution in [1.82, 2.24) is 0 Å². The summed E-state index contributed by atoms with van der Waals surface area (Å²) in [6.45, 7) is 0. The summed E-state index contributed by atoms with van der Waals surface area (Å²) in [4.78, 5) is 24.5. The van der Waals surface area contributed by atoms with Crippen LogP contribution in [0.1, 0.15) is 10.4 Å². The molecule has 3 rings (SSSR count). The molecular formula is C19H14ClFN2O3S. The lowest BCUT2D eigenvalue weighted by Gasteiger charge is -2.09. The smallest absolute Gasteiger partial charge is 0.341 e. The highest BCUT2D eigenvalue weighted by atomic mass is 35.5. The predicted molar refractivity (Wildman–Crippen MR) is 105 cm³/mol. The summed E-state index contributed by atoms with van der Waals surface area (Å²) in [5.41, 5.74) is 1.94. The van der Waals surface area contributed by atoms with Crippen LogP contribution in [-0.4, -0.2) is 19.1 Å². The minimum absolute atomic E-state index is 0.209. The molecule has 3 aromatic rings. The van der Waals surface area contributed by atoms with E-state index in [0.717, 1.165) is 0 Å². The van der Waals surface area contributed by atoms with Crippen molar-refractivity contribution in [3.8, 4) is 11.1 Å². The van der Waals surface area contributed by atoms with Crippen LogP contribution in [0.2, 0.25) is 5.02 Å². The molecule has 0 unspecified atom stereocenters. The molecular weight excluding hydrogens is 391 g/mol. The Morgan fingerprint density at radius 2 is 1.70 bits per heavy atom. The van der Waals surface area contributed by atoms with Crippen molar-refractivity contribution in [3.05, 3.63) is 70.3 Å². The number of anilines is 2. The summed E-state index contributed by atoms with van der Waals surface area (Å²) >= 11 is 6.99. The highest BCUT2D eigenvalue weighted by Crippen LogP contribution is 2.36. The third-order valence-electron chi connectivity index (χ3n) is 3.66. The van der Waals surface area contributed by atoms with E-state index in [1.165, 1.54) is 30.6 Å². The van der Waals surface area contributed by atoms with Crippen LogP contribution >= 0.6 is 22.9 Å². The zero-order valence-corrected chi connectivity index (χ0v) is 15.7. The van der Waals surface area contributed by atoms with Gasteiger partial charge >= 0.3 is 12.0 Å². The van der Waals surface area contributed by atoms with E-state index in [4.69, 9.17) is 16.3 Å². The number of urea groups is 1. The first-order valence-electron chi connectivity index (χ1n) is 7.77. The summed E-state index contributed by atoms with van der Waals surface area (Å²) in [7, 11) is 1.26. The molecule has 0 spiro atoms. The van der Waals surface area contributed by atoms with E-state index in [-0.39, 0.29) is 11.4 Å². The van der Waals surface area contributed by atoms with E-state index in [1.807, 2.05) is 0 Å². The van der Waals surface area contributed by atoms with Gasteiger partial charge in [0.05, 0.1) is 7.11 Å². The third-order valence-corrected chi connectivity index (χ3v) is 4.81. The zero-order valence-electron chi connectivity index (χ0n) is 14.1. The van der Waals surface area contributed by atoms with Crippen LogP contribution in [0.4, 0.5) is 19.9 Å². The second kappa shape index (κ2) is 8.20. The molecule has 0 saturated heterocycles. The van der Waals surface area contributed by atoms with Gasteiger partial charge in [0, 0.05) is 21.7 Å². The number of hydrogen-bond donors (Lipinski definition) is 2. The van der Waals surface area contributed by atoms with E-state index in [1.54, 1.807) is 41.8 Å². The number of hydrogen-bond acceptors (Lipinski definition) is 4. The molecule has 0 aliphatic rings. The maximum Gasteiger partial charge on any atom is 0.341 e. The van der Waals surface area contributed by atoms with Crippen molar-refractivity contribution in [2.45, 2.75) is 0 Å². The van der Waals surface area contributed by atoms with Crippen LogP contribution in [0, 0.1) is 5.82 Å². The van der Waals surface area contributed by atoms with Gasteiger partial charge < -0.3 is 10.1 Å². The molecule has 27 heavy (non-hydrogen) atoms. The number of rotatable bonds is 4. The Labute approximate surface area is 163 Å². The van der Waals surface area contributed by atoms with Gasteiger partial charge in [-0.15, -0.1) is 11.3 Å². The number of esters is 1. The molecule has 0 radical (unpaired) electrons. The molecule has 0 atom stereocenters. The Kier molecular flexibility index (Phi) is 5.73. The number of benzene rings is 2. The first kappa shape index (κ1) is 18.9. The van der Waals surface area contributed by atoms with Crippen molar-refractivity contribution in [2.24, 2.45) is 0 Å². The minimum Gasteiger partial charge on any atom is -0.465 e. The highest BCUT2D eigenvalue weighted by molar-refractivity contribution is 7.15.